The highest BCUT2D eigenvalue weighted by atomic mass is 35.5. The smallest absolute Gasteiger partial charge is 0.222 e. The lowest BCUT2D eigenvalue weighted by molar-refractivity contribution is -0.133. The summed E-state index contributed by atoms with van der Waals surface area (Å²) in [6.07, 6.45) is 8.15. The molecular weight excluding hydrogens is 409 g/mol. The molecule has 0 saturated heterocycles. The third-order valence-electron chi connectivity index (χ3n) is 7.60. The number of benzene rings is 1. The van der Waals surface area contributed by atoms with Crippen molar-refractivity contribution in [2.75, 3.05) is 20.3 Å². The number of aliphatic hydroxyl groups is 1. The Bertz CT molecular complexity index is 758. The molecule has 160 valence electrons. The van der Waals surface area contributed by atoms with Crippen molar-refractivity contribution in [1.29, 1.82) is 0 Å². The van der Waals surface area contributed by atoms with Crippen LogP contribution in [0.25, 0.3) is 0 Å². The lowest BCUT2D eigenvalue weighted by Crippen LogP contribution is -2.43. The molecule has 6 heteroatoms. The summed E-state index contributed by atoms with van der Waals surface area (Å²) in [6, 6.07) is 5.48. The Labute approximate surface area is 183 Å². The number of hydrogen-bond donors (Lipinski definition) is 1. The minimum Gasteiger partial charge on any atom is -0.492 e. The molecule has 0 aromatic heterocycles. The second-order valence-electron chi connectivity index (χ2n) is 9.47. The van der Waals surface area contributed by atoms with Gasteiger partial charge in [0.2, 0.25) is 5.91 Å². The second kappa shape index (κ2) is 8.64. The van der Waals surface area contributed by atoms with Crippen LogP contribution in [-0.4, -0.2) is 42.2 Å². The minimum absolute atomic E-state index is 0.131. The van der Waals surface area contributed by atoms with Gasteiger partial charge in [-0.25, -0.2) is 0 Å². The molecule has 0 radical (unpaired) electrons. The molecule has 3 saturated carbocycles. The number of aliphatic hydroxyl groups excluding tert-OH is 1. The largest absolute Gasteiger partial charge is 0.492 e. The first-order chi connectivity index (χ1) is 13.9. The molecule has 5 unspecified atom stereocenters. The summed E-state index contributed by atoms with van der Waals surface area (Å²) in [4.78, 5) is 14.9. The first-order valence-corrected chi connectivity index (χ1v) is 11.6. The molecule has 1 aromatic rings. The maximum atomic E-state index is 12.9. The van der Waals surface area contributed by atoms with Crippen LogP contribution in [0.1, 0.15) is 51.4 Å². The molecule has 1 amide bonds. The van der Waals surface area contributed by atoms with Gasteiger partial charge in [-0.05, 0) is 86.3 Å². The van der Waals surface area contributed by atoms with Gasteiger partial charge in [0.05, 0.1) is 11.6 Å². The van der Waals surface area contributed by atoms with E-state index in [2.05, 4.69) is 0 Å². The van der Waals surface area contributed by atoms with Gasteiger partial charge in [0.1, 0.15) is 5.75 Å². The monoisotopic (exact) mass is 439 g/mol. The number of rotatable bonds is 7. The Morgan fingerprint density at radius 1 is 1.28 bits per heavy atom. The van der Waals surface area contributed by atoms with Crippen molar-refractivity contribution in [3.63, 3.8) is 0 Å². The summed E-state index contributed by atoms with van der Waals surface area (Å²) in [5, 5.41) is 11.1. The number of fused-ring (bicyclic) bond motifs is 2. The second-order valence-corrected chi connectivity index (χ2v) is 10.3. The van der Waals surface area contributed by atoms with Crippen LogP contribution in [0.3, 0.4) is 0 Å². The molecular formula is C23H31Cl2NO3. The molecule has 5 atom stereocenters. The highest BCUT2D eigenvalue weighted by molar-refractivity contribution is 6.35. The van der Waals surface area contributed by atoms with E-state index >= 15 is 0 Å². The van der Waals surface area contributed by atoms with Crippen LogP contribution in [0.4, 0.5) is 0 Å². The Morgan fingerprint density at radius 3 is 2.86 bits per heavy atom. The topological polar surface area (TPSA) is 49.8 Å². The third kappa shape index (κ3) is 4.40. The molecule has 0 spiro atoms. The average molecular weight is 440 g/mol. The van der Waals surface area contributed by atoms with E-state index in [9.17, 15) is 9.90 Å². The third-order valence-corrected chi connectivity index (χ3v) is 8.14. The van der Waals surface area contributed by atoms with E-state index in [1.807, 2.05) is 11.9 Å². The predicted octanol–water partition coefficient (Wildman–Crippen LogP) is 5.19. The van der Waals surface area contributed by atoms with Gasteiger partial charge in [-0.1, -0.05) is 23.2 Å². The Kier molecular flexibility index (Phi) is 6.34. The van der Waals surface area contributed by atoms with E-state index in [1.54, 1.807) is 18.2 Å². The molecule has 1 aromatic carbocycles. The molecule has 4 nitrogen and oxygen atoms in total. The SMILES string of the molecule is CN(C(=O)CCCOc1ccc(Cl)cc1Cl)C1CCC2CC3CC(CO)(C2)CC31. The van der Waals surface area contributed by atoms with Gasteiger partial charge < -0.3 is 14.7 Å². The van der Waals surface area contributed by atoms with Crippen LogP contribution in [0.15, 0.2) is 18.2 Å². The molecule has 4 rings (SSSR count). The molecule has 3 aliphatic carbocycles. The lowest BCUT2D eigenvalue weighted by atomic mass is 9.70. The quantitative estimate of drug-likeness (QED) is 0.594. The lowest BCUT2D eigenvalue weighted by Gasteiger charge is -2.38. The average Bonchev–Trinajstić information content (AvgIpc) is 2.89. The first-order valence-electron chi connectivity index (χ1n) is 10.9. The van der Waals surface area contributed by atoms with Crippen LogP contribution in [0.2, 0.25) is 10.0 Å². The van der Waals surface area contributed by atoms with Crippen molar-refractivity contribution in [1.82, 2.24) is 4.90 Å². The summed E-state index contributed by atoms with van der Waals surface area (Å²) < 4.78 is 5.72. The van der Waals surface area contributed by atoms with Gasteiger partial charge in [0.25, 0.3) is 0 Å². The number of amides is 1. The van der Waals surface area contributed by atoms with Gasteiger partial charge >= 0.3 is 0 Å². The minimum atomic E-state index is 0.131. The number of carbonyl (C=O) groups is 1. The summed E-state index contributed by atoms with van der Waals surface area (Å²) in [5.41, 5.74) is 0.131. The molecule has 0 aliphatic heterocycles. The van der Waals surface area contributed by atoms with E-state index in [0.29, 0.717) is 59.7 Å². The van der Waals surface area contributed by atoms with Crippen molar-refractivity contribution in [2.24, 2.45) is 23.2 Å². The van der Waals surface area contributed by atoms with Crippen LogP contribution >= 0.6 is 23.2 Å². The molecule has 3 bridgehead atoms. The van der Waals surface area contributed by atoms with Crippen molar-refractivity contribution in [3.05, 3.63) is 28.2 Å². The zero-order chi connectivity index (χ0) is 20.6. The van der Waals surface area contributed by atoms with Crippen LogP contribution < -0.4 is 4.74 Å². The Morgan fingerprint density at radius 2 is 2.10 bits per heavy atom. The number of halogens is 2. The Hall–Kier alpha value is -0.970. The van der Waals surface area contributed by atoms with E-state index in [4.69, 9.17) is 27.9 Å². The summed E-state index contributed by atoms with van der Waals surface area (Å²) in [7, 11) is 1.97. The van der Waals surface area contributed by atoms with E-state index in [0.717, 1.165) is 25.2 Å². The number of hydrogen-bond acceptors (Lipinski definition) is 3. The van der Waals surface area contributed by atoms with Gasteiger partial charge in [0.15, 0.2) is 0 Å². The Balaban J connectivity index is 1.30. The zero-order valence-corrected chi connectivity index (χ0v) is 18.6. The number of ether oxygens (including phenoxy) is 1. The summed E-state index contributed by atoms with van der Waals surface area (Å²) in [5.74, 6) is 2.76. The van der Waals surface area contributed by atoms with E-state index in [-0.39, 0.29) is 11.3 Å². The van der Waals surface area contributed by atoms with Crippen molar-refractivity contribution < 1.29 is 14.6 Å². The fourth-order valence-electron chi connectivity index (χ4n) is 6.33. The highest BCUT2D eigenvalue weighted by Gasteiger charge is 2.54. The normalized spacial score (nSPS) is 32.8. The van der Waals surface area contributed by atoms with Gasteiger partial charge in [-0.15, -0.1) is 0 Å². The van der Waals surface area contributed by atoms with Crippen molar-refractivity contribution in [3.8, 4) is 5.75 Å². The number of carbonyl (C=O) groups excluding carboxylic acids is 1. The van der Waals surface area contributed by atoms with Crippen LogP contribution in [0.5, 0.6) is 5.75 Å². The molecule has 0 heterocycles. The maximum Gasteiger partial charge on any atom is 0.222 e. The highest BCUT2D eigenvalue weighted by Crippen LogP contribution is 2.60. The van der Waals surface area contributed by atoms with Crippen molar-refractivity contribution in [2.45, 2.75) is 57.4 Å². The van der Waals surface area contributed by atoms with Gasteiger partial charge in [-0.2, -0.15) is 0 Å². The molecule has 3 fully saturated rings. The van der Waals surface area contributed by atoms with E-state index < -0.39 is 0 Å². The summed E-state index contributed by atoms with van der Waals surface area (Å²) >= 11 is 12.0. The number of nitrogens with zero attached hydrogens (tertiary/aromatic N) is 1. The fourth-order valence-corrected chi connectivity index (χ4v) is 6.79. The van der Waals surface area contributed by atoms with Crippen molar-refractivity contribution >= 4 is 29.1 Å². The molecule has 29 heavy (non-hydrogen) atoms. The standard InChI is InChI=1S/C23H31Cl2NO3/c1-26(22(28)3-2-8-29-21-7-5-17(24)10-19(21)25)20-6-4-15-9-16-12-23(11-15,14-27)13-18(16)20/h5,7,10,15-16,18,20,27H,2-4,6,8-9,11-14H2,1H3. The fraction of sp³-hybridized carbons (Fsp3) is 0.696. The maximum absolute atomic E-state index is 12.9. The zero-order valence-electron chi connectivity index (χ0n) is 17.1. The molecule has 3 aliphatic rings. The van der Waals surface area contributed by atoms with E-state index in [1.165, 1.54) is 19.3 Å². The molecule has 1 N–H and O–H groups in total. The first kappa shape index (κ1) is 21.3. The van der Waals surface area contributed by atoms with Crippen LogP contribution in [-0.2, 0) is 4.79 Å². The summed E-state index contributed by atoms with van der Waals surface area (Å²) in [6.45, 7) is 0.763. The van der Waals surface area contributed by atoms with Gasteiger partial charge in [-0.3, -0.25) is 4.79 Å². The predicted molar refractivity (Wildman–Crippen MR) is 115 cm³/mol. The van der Waals surface area contributed by atoms with Gasteiger partial charge in [0, 0.05) is 31.1 Å². The van der Waals surface area contributed by atoms with Crippen LogP contribution in [0, 0.1) is 23.2 Å².